The molecule has 0 amide bonds. The van der Waals surface area contributed by atoms with Crippen molar-refractivity contribution in [1.82, 2.24) is 0 Å². The van der Waals surface area contributed by atoms with E-state index in [1.165, 1.54) is 64.2 Å². The molecule has 28 heavy (non-hydrogen) atoms. The Morgan fingerprint density at radius 1 is 0.750 bits per heavy atom. The van der Waals surface area contributed by atoms with Crippen LogP contribution in [0.3, 0.4) is 0 Å². The van der Waals surface area contributed by atoms with Crippen molar-refractivity contribution in [2.24, 2.45) is 64.4 Å². The molecular weight excluding hydrogens is 344 g/mol. The topological polar surface area (TPSA) is 104 Å². The van der Waals surface area contributed by atoms with Crippen LogP contribution in [0.1, 0.15) is 85.0 Å². The Labute approximate surface area is 175 Å². The van der Waals surface area contributed by atoms with E-state index in [-0.39, 0.29) is 0 Å². The lowest BCUT2D eigenvalue weighted by Gasteiger charge is -2.27. The van der Waals surface area contributed by atoms with Crippen LogP contribution in [0.4, 0.5) is 0 Å². The van der Waals surface area contributed by atoms with Gasteiger partial charge >= 0.3 is 0 Å². The number of hydrogen-bond donors (Lipinski definition) is 4. The monoisotopic (exact) mass is 396 g/mol. The molecule has 0 aliphatic heterocycles. The van der Waals surface area contributed by atoms with Gasteiger partial charge in [-0.1, -0.05) is 33.6 Å². The van der Waals surface area contributed by atoms with Gasteiger partial charge in [0.1, 0.15) is 0 Å². The molecular formula is C24H52N4. The maximum atomic E-state index is 5.62. The van der Waals surface area contributed by atoms with Crippen molar-refractivity contribution in [3.05, 3.63) is 0 Å². The molecule has 4 saturated carbocycles. The van der Waals surface area contributed by atoms with Crippen LogP contribution < -0.4 is 22.9 Å². The maximum Gasteiger partial charge on any atom is -0.00461 e. The summed E-state index contributed by atoms with van der Waals surface area (Å²) < 4.78 is 0. The van der Waals surface area contributed by atoms with Gasteiger partial charge in [-0.25, -0.2) is 0 Å². The van der Waals surface area contributed by atoms with E-state index in [0.717, 1.165) is 67.6 Å². The highest BCUT2D eigenvalue weighted by Crippen LogP contribution is 2.53. The van der Waals surface area contributed by atoms with Crippen LogP contribution in [-0.2, 0) is 0 Å². The standard InChI is InChI=1S/C10H19N.C8H15N.C4H11N.C2H7N/c1-7-8-2-3-9(6-8)10(7)4-5-11;9-5-8-4-6-1-2-7(8)3-6;1-2-3-4-5;1-2-3/h7-10H,2-6,11H2,1H3;6-8H,1-5,9H2;2-5H2,1H3;2-3H2,1H3. The van der Waals surface area contributed by atoms with E-state index in [1.54, 1.807) is 0 Å². The van der Waals surface area contributed by atoms with Crippen LogP contribution in [0.5, 0.6) is 0 Å². The first-order valence-corrected chi connectivity index (χ1v) is 12.4. The average molecular weight is 397 g/mol. The molecule has 0 aromatic carbocycles. The molecule has 168 valence electrons. The second kappa shape index (κ2) is 14.8. The number of nitrogens with two attached hydrogens (primary N) is 4. The predicted molar refractivity (Wildman–Crippen MR) is 124 cm³/mol. The average Bonchev–Trinajstić information content (AvgIpc) is 3.47. The first kappa shape index (κ1) is 25.9. The molecule has 4 heteroatoms. The zero-order chi connectivity index (χ0) is 20.9. The molecule has 0 aromatic heterocycles. The molecule has 0 aromatic rings. The largest absolute Gasteiger partial charge is 0.331 e. The summed E-state index contributed by atoms with van der Waals surface area (Å²) in [4.78, 5) is 0. The van der Waals surface area contributed by atoms with Crippen molar-refractivity contribution in [2.45, 2.75) is 85.0 Å². The van der Waals surface area contributed by atoms with Crippen molar-refractivity contribution >= 4 is 0 Å². The SMILES string of the molecule is CC1C2CCC(C2)C1CCN.CCCCN.CCN.NCC1CC2CCC1C2. The van der Waals surface area contributed by atoms with Crippen LogP contribution in [0, 0.1) is 41.4 Å². The number of unbranched alkanes of at least 4 members (excludes halogenated alkanes) is 1. The summed E-state index contributed by atoms with van der Waals surface area (Å²) in [5.41, 5.74) is 21.2. The van der Waals surface area contributed by atoms with Crippen LogP contribution in [-0.4, -0.2) is 26.2 Å². The summed E-state index contributed by atoms with van der Waals surface area (Å²) in [5, 5.41) is 0. The molecule has 7 atom stereocenters. The molecule has 8 N–H and O–H groups in total. The maximum absolute atomic E-state index is 5.62. The molecule has 0 spiro atoms. The third-order valence-corrected chi connectivity index (χ3v) is 7.78. The lowest BCUT2D eigenvalue weighted by molar-refractivity contribution is 0.229. The molecule has 0 saturated heterocycles. The van der Waals surface area contributed by atoms with Gasteiger partial charge < -0.3 is 22.9 Å². The molecule has 4 nitrogen and oxygen atoms in total. The summed E-state index contributed by atoms with van der Waals surface area (Å²) in [6, 6.07) is 0. The summed E-state index contributed by atoms with van der Waals surface area (Å²) >= 11 is 0. The Kier molecular flexibility index (Phi) is 13.6. The molecule has 4 rings (SSSR count). The van der Waals surface area contributed by atoms with Crippen molar-refractivity contribution in [3.63, 3.8) is 0 Å². The molecule has 7 unspecified atom stereocenters. The zero-order valence-electron chi connectivity index (χ0n) is 19.3. The lowest BCUT2D eigenvalue weighted by Crippen LogP contribution is -2.22. The minimum Gasteiger partial charge on any atom is -0.331 e. The van der Waals surface area contributed by atoms with Crippen molar-refractivity contribution in [2.75, 3.05) is 26.2 Å². The van der Waals surface area contributed by atoms with Crippen molar-refractivity contribution in [3.8, 4) is 0 Å². The van der Waals surface area contributed by atoms with Gasteiger partial charge in [0.2, 0.25) is 0 Å². The highest BCUT2D eigenvalue weighted by Gasteiger charge is 2.44. The van der Waals surface area contributed by atoms with Crippen LogP contribution >= 0.6 is 0 Å². The van der Waals surface area contributed by atoms with E-state index in [4.69, 9.17) is 22.9 Å². The van der Waals surface area contributed by atoms with E-state index in [9.17, 15) is 0 Å². The van der Waals surface area contributed by atoms with Crippen molar-refractivity contribution in [1.29, 1.82) is 0 Å². The summed E-state index contributed by atoms with van der Waals surface area (Å²) in [6.07, 6.45) is 14.1. The highest BCUT2D eigenvalue weighted by atomic mass is 14.6. The van der Waals surface area contributed by atoms with Gasteiger partial charge in [-0.05, 0) is 119 Å². The summed E-state index contributed by atoms with van der Waals surface area (Å²) in [6.45, 7) is 9.91. The molecule has 4 fully saturated rings. The Morgan fingerprint density at radius 3 is 1.71 bits per heavy atom. The van der Waals surface area contributed by atoms with Gasteiger partial charge in [0.05, 0.1) is 0 Å². The van der Waals surface area contributed by atoms with E-state index < -0.39 is 0 Å². The van der Waals surface area contributed by atoms with Crippen LogP contribution in [0.15, 0.2) is 0 Å². The van der Waals surface area contributed by atoms with E-state index in [1.807, 2.05) is 6.92 Å². The Balaban J connectivity index is 0.000000208. The minimum atomic E-state index is 0.750. The van der Waals surface area contributed by atoms with Crippen molar-refractivity contribution < 1.29 is 0 Å². The van der Waals surface area contributed by atoms with Crippen LogP contribution in [0.2, 0.25) is 0 Å². The Hall–Kier alpha value is -0.160. The van der Waals surface area contributed by atoms with Gasteiger partial charge in [-0.15, -0.1) is 0 Å². The molecule has 4 bridgehead atoms. The summed E-state index contributed by atoms with van der Waals surface area (Å²) in [7, 11) is 0. The Morgan fingerprint density at radius 2 is 1.39 bits per heavy atom. The van der Waals surface area contributed by atoms with E-state index >= 15 is 0 Å². The third kappa shape index (κ3) is 7.93. The lowest BCUT2D eigenvalue weighted by atomic mass is 9.79. The third-order valence-electron chi connectivity index (χ3n) is 7.78. The summed E-state index contributed by atoms with van der Waals surface area (Å²) in [5.74, 6) is 7.10. The van der Waals surface area contributed by atoms with Gasteiger partial charge in [0.15, 0.2) is 0 Å². The fourth-order valence-corrected chi connectivity index (χ4v) is 6.26. The van der Waals surface area contributed by atoms with Crippen LogP contribution in [0.25, 0.3) is 0 Å². The second-order valence-corrected chi connectivity index (χ2v) is 9.65. The van der Waals surface area contributed by atoms with Gasteiger partial charge in [0, 0.05) is 0 Å². The Bertz CT molecular complexity index is 372. The van der Waals surface area contributed by atoms with Gasteiger partial charge in [0.25, 0.3) is 0 Å². The van der Waals surface area contributed by atoms with Gasteiger partial charge in [-0.2, -0.15) is 0 Å². The number of hydrogen-bond acceptors (Lipinski definition) is 4. The van der Waals surface area contributed by atoms with E-state index in [2.05, 4.69) is 13.8 Å². The molecule has 4 aliphatic carbocycles. The fraction of sp³-hybridized carbons (Fsp3) is 1.00. The molecule has 0 heterocycles. The van der Waals surface area contributed by atoms with Gasteiger partial charge in [-0.3, -0.25) is 0 Å². The molecule has 4 aliphatic rings. The zero-order valence-corrected chi connectivity index (χ0v) is 19.3. The second-order valence-electron chi connectivity index (χ2n) is 9.65. The first-order valence-electron chi connectivity index (χ1n) is 12.4. The number of rotatable bonds is 5. The quantitative estimate of drug-likeness (QED) is 0.561. The highest BCUT2D eigenvalue weighted by molar-refractivity contribution is 4.94. The predicted octanol–water partition coefficient (Wildman–Crippen LogP) is 4.11. The van der Waals surface area contributed by atoms with E-state index in [0.29, 0.717) is 0 Å². The minimum absolute atomic E-state index is 0.750. The fourth-order valence-electron chi connectivity index (χ4n) is 6.26. The first-order chi connectivity index (χ1) is 13.6. The number of fused-ring (bicyclic) bond motifs is 4. The smallest absolute Gasteiger partial charge is 0.00461 e. The normalized spacial score (nSPS) is 36.8. The molecule has 0 radical (unpaired) electrons.